The Kier molecular flexibility index (Phi) is 5.74. The molecule has 0 spiro atoms. The summed E-state index contributed by atoms with van der Waals surface area (Å²) < 4.78 is 0. The second-order valence-electron chi connectivity index (χ2n) is 3.58. The molecule has 4 N–H and O–H groups in total. The van der Waals surface area contributed by atoms with Crippen LogP contribution < -0.4 is 16.4 Å². The minimum atomic E-state index is -0.209. The van der Waals surface area contributed by atoms with E-state index >= 15 is 0 Å². The highest BCUT2D eigenvalue weighted by Crippen LogP contribution is 1.96. The molecule has 92 valence electrons. The third-order valence-corrected chi connectivity index (χ3v) is 2.15. The molecule has 0 radical (unpaired) electrons. The molecular formula is C12H17N3O2. The molecule has 5 heteroatoms. The van der Waals surface area contributed by atoms with Crippen molar-refractivity contribution in [1.29, 1.82) is 0 Å². The molecule has 0 aliphatic heterocycles. The number of benzene rings is 1. The van der Waals surface area contributed by atoms with Gasteiger partial charge in [-0.05, 0) is 5.56 Å². The monoisotopic (exact) mass is 235 g/mol. The lowest BCUT2D eigenvalue weighted by Crippen LogP contribution is -2.37. The number of hydrogen-bond acceptors (Lipinski definition) is 3. The fourth-order valence-electron chi connectivity index (χ4n) is 1.26. The van der Waals surface area contributed by atoms with Gasteiger partial charge in [-0.3, -0.25) is 9.59 Å². The molecule has 0 aliphatic rings. The summed E-state index contributed by atoms with van der Waals surface area (Å²) in [5.41, 5.74) is 6.23. The number of carbonyl (C=O) groups excluding carboxylic acids is 2. The normalized spacial score (nSPS) is 9.71. The van der Waals surface area contributed by atoms with E-state index in [1.165, 1.54) is 0 Å². The van der Waals surface area contributed by atoms with Gasteiger partial charge in [0.2, 0.25) is 11.8 Å². The van der Waals surface area contributed by atoms with Gasteiger partial charge in [0, 0.05) is 19.5 Å². The van der Waals surface area contributed by atoms with E-state index in [4.69, 9.17) is 5.73 Å². The van der Waals surface area contributed by atoms with Crippen molar-refractivity contribution in [3.63, 3.8) is 0 Å². The fraction of sp³-hybridized carbons (Fsp3) is 0.333. The molecule has 0 unspecified atom stereocenters. The number of rotatable bonds is 6. The minimum absolute atomic E-state index is 0.00827. The summed E-state index contributed by atoms with van der Waals surface area (Å²) in [5, 5.41) is 5.20. The first-order valence-electron chi connectivity index (χ1n) is 5.49. The molecule has 0 atom stereocenters. The molecule has 0 aliphatic carbocycles. The fourth-order valence-corrected chi connectivity index (χ4v) is 1.26. The average Bonchev–Trinajstić information content (AvgIpc) is 2.35. The van der Waals surface area contributed by atoms with Crippen LogP contribution in [0.5, 0.6) is 0 Å². The van der Waals surface area contributed by atoms with Crippen LogP contribution in [0.25, 0.3) is 0 Å². The maximum Gasteiger partial charge on any atom is 0.239 e. The molecule has 1 aromatic carbocycles. The molecule has 0 bridgehead atoms. The number of nitrogens with two attached hydrogens (primary N) is 1. The van der Waals surface area contributed by atoms with Crippen LogP contribution in [-0.4, -0.2) is 24.9 Å². The first-order valence-corrected chi connectivity index (χ1v) is 5.49. The van der Waals surface area contributed by atoms with Crippen molar-refractivity contribution in [2.45, 2.75) is 13.0 Å². The Balaban J connectivity index is 2.20. The van der Waals surface area contributed by atoms with Crippen molar-refractivity contribution < 1.29 is 9.59 Å². The molecular weight excluding hydrogens is 218 g/mol. The Morgan fingerprint density at radius 3 is 2.41 bits per heavy atom. The SMILES string of the molecule is NCCC(=O)NCC(=O)NCc1ccccc1. The number of hydrogen-bond donors (Lipinski definition) is 3. The van der Waals surface area contributed by atoms with Gasteiger partial charge >= 0.3 is 0 Å². The highest BCUT2D eigenvalue weighted by atomic mass is 16.2. The van der Waals surface area contributed by atoms with Gasteiger partial charge in [0.1, 0.15) is 0 Å². The zero-order chi connectivity index (χ0) is 12.5. The zero-order valence-electron chi connectivity index (χ0n) is 9.61. The van der Waals surface area contributed by atoms with Gasteiger partial charge in [-0.25, -0.2) is 0 Å². The largest absolute Gasteiger partial charge is 0.350 e. The van der Waals surface area contributed by atoms with Crippen LogP contribution >= 0.6 is 0 Å². The van der Waals surface area contributed by atoms with Gasteiger partial charge in [-0.2, -0.15) is 0 Å². The van der Waals surface area contributed by atoms with E-state index in [1.807, 2.05) is 30.3 Å². The maximum atomic E-state index is 11.4. The topological polar surface area (TPSA) is 84.2 Å². The van der Waals surface area contributed by atoms with Crippen molar-refractivity contribution in [1.82, 2.24) is 10.6 Å². The summed E-state index contributed by atoms with van der Waals surface area (Å²) in [5.74, 6) is -0.415. The number of nitrogens with one attached hydrogen (secondary N) is 2. The quantitative estimate of drug-likeness (QED) is 0.636. The van der Waals surface area contributed by atoms with Gasteiger partial charge in [-0.1, -0.05) is 30.3 Å². The molecule has 17 heavy (non-hydrogen) atoms. The van der Waals surface area contributed by atoms with Crippen LogP contribution in [0.4, 0.5) is 0 Å². The van der Waals surface area contributed by atoms with Crippen LogP contribution in [0.2, 0.25) is 0 Å². The van der Waals surface area contributed by atoms with Crippen molar-refractivity contribution in [2.24, 2.45) is 5.73 Å². The van der Waals surface area contributed by atoms with E-state index in [-0.39, 0.29) is 31.3 Å². The summed E-state index contributed by atoms with van der Waals surface area (Å²) in [6.45, 7) is 0.746. The van der Waals surface area contributed by atoms with Crippen molar-refractivity contribution >= 4 is 11.8 Å². The number of amides is 2. The van der Waals surface area contributed by atoms with Gasteiger partial charge in [0.15, 0.2) is 0 Å². The van der Waals surface area contributed by atoms with Crippen LogP contribution in [0, 0.1) is 0 Å². The summed E-state index contributed by atoms with van der Waals surface area (Å²) in [7, 11) is 0. The second kappa shape index (κ2) is 7.40. The van der Waals surface area contributed by atoms with Crippen molar-refractivity contribution in [3.05, 3.63) is 35.9 Å². The maximum absolute atomic E-state index is 11.4. The third-order valence-electron chi connectivity index (χ3n) is 2.15. The lowest BCUT2D eigenvalue weighted by molar-refractivity contribution is -0.126. The van der Waals surface area contributed by atoms with E-state index in [2.05, 4.69) is 10.6 Å². The highest BCUT2D eigenvalue weighted by molar-refractivity contribution is 5.84. The lowest BCUT2D eigenvalue weighted by atomic mass is 10.2. The van der Waals surface area contributed by atoms with E-state index in [0.29, 0.717) is 6.54 Å². The summed E-state index contributed by atoms with van der Waals surface area (Å²) >= 11 is 0. The zero-order valence-corrected chi connectivity index (χ0v) is 9.61. The van der Waals surface area contributed by atoms with E-state index in [9.17, 15) is 9.59 Å². The molecule has 0 saturated carbocycles. The Morgan fingerprint density at radius 2 is 1.76 bits per heavy atom. The Morgan fingerprint density at radius 1 is 1.06 bits per heavy atom. The number of carbonyl (C=O) groups is 2. The van der Waals surface area contributed by atoms with Crippen LogP contribution in [-0.2, 0) is 16.1 Å². The van der Waals surface area contributed by atoms with Crippen LogP contribution in [0.15, 0.2) is 30.3 Å². The predicted octanol–water partition coefficient (Wildman–Crippen LogP) is -0.232. The van der Waals surface area contributed by atoms with Crippen molar-refractivity contribution in [2.75, 3.05) is 13.1 Å². The van der Waals surface area contributed by atoms with Gasteiger partial charge in [-0.15, -0.1) is 0 Å². The Bertz CT molecular complexity index is 365. The first kappa shape index (κ1) is 13.2. The Hall–Kier alpha value is -1.88. The van der Waals surface area contributed by atoms with Gasteiger partial charge in [0.05, 0.1) is 6.54 Å². The molecule has 1 aromatic rings. The Labute approximate surface area is 100 Å². The van der Waals surface area contributed by atoms with Gasteiger partial charge < -0.3 is 16.4 Å². The van der Waals surface area contributed by atoms with E-state index in [1.54, 1.807) is 0 Å². The standard InChI is InChI=1S/C12H17N3O2/c13-7-6-11(16)15-9-12(17)14-8-10-4-2-1-3-5-10/h1-5H,6-9,13H2,(H,14,17)(H,15,16). The second-order valence-corrected chi connectivity index (χ2v) is 3.58. The average molecular weight is 235 g/mol. The van der Waals surface area contributed by atoms with Crippen LogP contribution in [0.3, 0.4) is 0 Å². The predicted molar refractivity (Wildman–Crippen MR) is 65.0 cm³/mol. The smallest absolute Gasteiger partial charge is 0.239 e. The van der Waals surface area contributed by atoms with E-state index in [0.717, 1.165) is 5.56 Å². The molecule has 0 fully saturated rings. The third kappa shape index (κ3) is 5.67. The van der Waals surface area contributed by atoms with Gasteiger partial charge in [0.25, 0.3) is 0 Å². The van der Waals surface area contributed by atoms with E-state index < -0.39 is 0 Å². The summed E-state index contributed by atoms with van der Waals surface area (Å²) in [4.78, 5) is 22.4. The molecule has 0 aromatic heterocycles. The molecule has 1 rings (SSSR count). The molecule has 0 saturated heterocycles. The summed E-state index contributed by atoms with van der Waals surface area (Å²) in [6, 6.07) is 9.58. The van der Waals surface area contributed by atoms with Crippen LogP contribution in [0.1, 0.15) is 12.0 Å². The molecule has 2 amide bonds. The first-order chi connectivity index (χ1) is 8.22. The minimum Gasteiger partial charge on any atom is -0.350 e. The molecule has 0 heterocycles. The highest BCUT2D eigenvalue weighted by Gasteiger charge is 2.03. The molecule has 5 nitrogen and oxygen atoms in total. The lowest BCUT2D eigenvalue weighted by Gasteiger charge is -2.06. The van der Waals surface area contributed by atoms with Crippen molar-refractivity contribution in [3.8, 4) is 0 Å². The summed E-state index contributed by atoms with van der Waals surface area (Å²) in [6.07, 6.45) is 0.242.